The first kappa shape index (κ1) is 14.5. The SMILES string of the molecule is COC(=O)C[n+]1ccn2c3ccccc3n(Cc3ccccc3)c21. The highest BCUT2D eigenvalue weighted by Crippen LogP contribution is 2.20. The number of esters is 1. The first-order valence-corrected chi connectivity index (χ1v) is 7.86. The number of aromatic nitrogens is 3. The van der Waals surface area contributed by atoms with Gasteiger partial charge in [0.1, 0.15) is 17.2 Å². The monoisotopic (exact) mass is 320 g/mol. The Hall–Kier alpha value is -3.08. The lowest BCUT2D eigenvalue weighted by molar-refractivity contribution is -0.662. The van der Waals surface area contributed by atoms with Crippen LogP contribution in [-0.4, -0.2) is 22.0 Å². The summed E-state index contributed by atoms with van der Waals surface area (Å²) < 4.78 is 11.1. The first-order chi connectivity index (χ1) is 11.8. The summed E-state index contributed by atoms with van der Waals surface area (Å²) in [6.07, 6.45) is 3.91. The van der Waals surface area contributed by atoms with Crippen LogP contribution in [0.1, 0.15) is 5.56 Å². The average molecular weight is 320 g/mol. The summed E-state index contributed by atoms with van der Waals surface area (Å²) in [5, 5.41) is 0. The molecule has 0 unspecified atom stereocenters. The molecular formula is C19H18N3O2+. The van der Waals surface area contributed by atoms with E-state index in [2.05, 4.69) is 33.2 Å². The number of para-hydroxylation sites is 2. The minimum atomic E-state index is -0.260. The number of carbonyl (C=O) groups excluding carboxylic acids is 1. The molecule has 0 radical (unpaired) electrons. The Morgan fingerprint density at radius 2 is 1.75 bits per heavy atom. The fraction of sp³-hybridized carbons (Fsp3) is 0.158. The Labute approximate surface area is 139 Å². The van der Waals surface area contributed by atoms with E-state index in [9.17, 15) is 4.79 Å². The van der Waals surface area contributed by atoms with Crippen molar-refractivity contribution in [3.05, 3.63) is 72.6 Å². The molecule has 24 heavy (non-hydrogen) atoms. The van der Waals surface area contributed by atoms with Crippen molar-refractivity contribution >= 4 is 22.8 Å². The van der Waals surface area contributed by atoms with Gasteiger partial charge in [-0.3, -0.25) is 0 Å². The molecule has 2 aromatic carbocycles. The summed E-state index contributed by atoms with van der Waals surface area (Å²) in [5.41, 5.74) is 3.47. The molecule has 0 saturated heterocycles. The number of hydrogen-bond donors (Lipinski definition) is 0. The largest absolute Gasteiger partial charge is 0.467 e. The van der Waals surface area contributed by atoms with Crippen LogP contribution in [0, 0.1) is 0 Å². The lowest BCUT2D eigenvalue weighted by Gasteiger charge is -2.03. The average Bonchev–Trinajstić information content (AvgIpc) is 3.16. The van der Waals surface area contributed by atoms with Gasteiger partial charge in [-0.05, 0) is 17.7 Å². The molecule has 0 amide bonds. The Morgan fingerprint density at radius 1 is 1.04 bits per heavy atom. The molecule has 0 N–H and O–H groups in total. The van der Waals surface area contributed by atoms with Crippen molar-refractivity contribution in [3.8, 4) is 0 Å². The second-order valence-corrected chi connectivity index (χ2v) is 5.73. The molecule has 0 spiro atoms. The van der Waals surface area contributed by atoms with Crippen molar-refractivity contribution in [1.82, 2.24) is 8.97 Å². The fourth-order valence-electron chi connectivity index (χ4n) is 3.14. The van der Waals surface area contributed by atoms with E-state index in [0.717, 1.165) is 23.4 Å². The molecule has 0 aliphatic carbocycles. The predicted octanol–water partition coefficient (Wildman–Crippen LogP) is 2.40. The Bertz CT molecular complexity index is 1020. The number of ether oxygens (including phenoxy) is 1. The Morgan fingerprint density at radius 3 is 2.50 bits per heavy atom. The molecule has 0 fully saturated rings. The van der Waals surface area contributed by atoms with Crippen molar-refractivity contribution in [2.75, 3.05) is 7.11 Å². The molecule has 0 aliphatic heterocycles. The third kappa shape index (κ3) is 2.34. The Balaban J connectivity index is 1.93. The molecule has 0 saturated carbocycles. The lowest BCUT2D eigenvalue weighted by atomic mass is 10.2. The summed E-state index contributed by atoms with van der Waals surface area (Å²) in [6, 6.07) is 18.6. The second kappa shape index (κ2) is 5.85. The van der Waals surface area contributed by atoms with Gasteiger partial charge in [-0.25, -0.2) is 13.9 Å². The minimum absolute atomic E-state index is 0.193. The molecular weight excluding hydrogens is 302 g/mol. The van der Waals surface area contributed by atoms with Gasteiger partial charge in [0.05, 0.1) is 19.9 Å². The standard InChI is InChI=1S/C19H18N3O2/c1-24-18(23)14-20-11-12-21-16-9-5-6-10-17(16)22(19(20)21)13-15-7-3-2-4-8-15/h2-12H,13-14H2,1H3/q+1. The third-order valence-corrected chi connectivity index (χ3v) is 4.25. The second-order valence-electron chi connectivity index (χ2n) is 5.73. The van der Waals surface area contributed by atoms with Gasteiger partial charge >= 0.3 is 11.7 Å². The van der Waals surface area contributed by atoms with Gasteiger partial charge < -0.3 is 4.74 Å². The van der Waals surface area contributed by atoms with Crippen LogP contribution >= 0.6 is 0 Å². The van der Waals surface area contributed by atoms with Gasteiger partial charge in [-0.2, -0.15) is 4.40 Å². The van der Waals surface area contributed by atoms with Gasteiger partial charge in [0.25, 0.3) is 0 Å². The molecule has 0 aliphatic rings. The van der Waals surface area contributed by atoms with Crippen LogP contribution in [0.15, 0.2) is 67.0 Å². The van der Waals surface area contributed by atoms with Gasteiger partial charge in [-0.15, -0.1) is 0 Å². The van der Waals surface area contributed by atoms with Crippen LogP contribution in [0.2, 0.25) is 0 Å². The normalized spacial score (nSPS) is 11.2. The van der Waals surface area contributed by atoms with E-state index in [1.807, 2.05) is 47.3 Å². The molecule has 0 bridgehead atoms. The number of rotatable bonds is 4. The zero-order chi connectivity index (χ0) is 16.5. The highest BCUT2D eigenvalue weighted by molar-refractivity contribution is 5.80. The summed E-state index contributed by atoms with van der Waals surface area (Å²) in [7, 11) is 1.41. The van der Waals surface area contributed by atoms with E-state index < -0.39 is 0 Å². The number of hydrogen-bond acceptors (Lipinski definition) is 2. The van der Waals surface area contributed by atoms with Gasteiger partial charge in [0, 0.05) is 0 Å². The summed E-state index contributed by atoms with van der Waals surface area (Å²) in [5.74, 6) is 0.704. The number of carbonyl (C=O) groups is 1. The van der Waals surface area contributed by atoms with Crippen molar-refractivity contribution in [2.45, 2.75) is 13.1 Å². The Kier molecular flexibility index (Phi) is 3.54. The molecule has 2 heterocycles. The van der Waals surface area contributed by atoms with Crippen molar-refractivity contribution in [3.63, 3.8) is 0 Å². The van der Waals surface area contributed by atoms with E-state index in [4.69, 9.17) is 4.74 Å². The van der Waals surface area contributed by atoms with E-state index in [1.165, 1.54) is 12.7 Å². The topological polar surface area (TPSA) is 39.5 Å². The molecule has 4 rings (SSSR count). The lowest BCUT2D eigenvalue weighted by Crippen LogP contribution is -2.38. The molecule has 5 nitrogen and oxygen atoms in total. The van der Waals surface area contributed by atoms with Crippen LogP contribution < -0.4 is 4.57 Å². The maximum atomic E-state index is 11.7. The van der Waals surface area contributed by atoms with Crippen LogP contribution in [0.25, 0.3) is 16.8 Å². The predicted molar refractivity (Wildman–Crippen MR) is 90.6 cm³/mol. The van der Waals surface area contributed by atoms with E-state index in [0.29, 0.717) is 0 Å². The number of methoxy groups -OCH3 is 1. The zero-order valence-electron chi connectivity index (χ0n) is 13.4. The number of imidazole rings is 2. The number of nitrogens with zero attached hydrogens (tertiary/aromatic N) is 3. The zero-order valence-corrected chi connectivity index (χ0v) is 13.4. The smallest absolute Gasteiger partial charge is 0.370 e. The van der Waals surface area contributed by atoms with Gasteiger partial charge in [0.2, 0.25) is 0 Å². The van der Waals surface area contributed by atoms with E-state index in [-0.39, 0.29) is 12.5 Å². The molecule has 120 valence electrons. The maximum Gasteiger partial charge on any atom is 0.370 e. The van der Waals surface area contributed by atoms with Crippen LogP contribution in [0.3, 0.4) is 0 Å². The first-order valence-electron chi connectivity index (χ1n) is 7.86. The van der Waals surface area contributed by atoms with Crippen molar-refractivity contribution in [1.29, 1.82) is 0 Å². The summed E-state index contributed by atoms with van der Waals surface area (Å²) in [6.45, 7) is 0.932. The van der Waals surface area contributed by atoms with Crippen LogP contribution in [-0.2, 0) is 22.6 Å². The molecule has 5 heteroatoms. The van der Waals surface area contributed by atoms with E-state index >= 15 is 0 Å². The molecule has 4 aromatic rings. The van der Waals surface area contributed by atoms with Gasteiger partial charge in [0.15, 0.2) is 6.54 Å². The van der Waals surface area contributed by atoms with Crippen LogP contribution in [0.4, 0.5) is 0 Å². The summed E-state index contributed by atoms with van der Waals surface area (Å²) in [4.78, 5) is 11.7. The summed E-state index contributed by atoms with van der Waals surface area (Å²) >= 11 is 0. The third-order valence-electron chi connectivity index (χ3n) is 4.25. The molecule has 0 atom stereocenters. The van der Waals surface area contributed by atoms with Crippen molar-refractivity contribution in [2.24, 2.45) is 0 Å². The highest BCUT2D eigenvalue weighted by atomic mass is 16.5. The molecule has 2 aromatic heterocycles. The van der Waals surface area contributed by atoms with Gasteiger partial charge in [-0.1, -0.05) is 42.5 Å². The van der Waals surface area contributed by atoms with E-state index in [1.54, 1.807) is 0 Å². The minimum Gasteiger partial charge on any atom is -0.467 e. The maximum absolute atomic E-state index is 11.7. The van der Waals surface area contributed by atoms with Crippen LogP contribution in [0.5, 0.6) is 0 Å². The quantitative estimate of drug-likeness (QED) is 0.428. The fourth-order valence-corrected chi connectivity index (χ4v) is 3.14. The number of fused-ring (bicyclic) bond motifs is 3. The van der Waals surface area contributed by atoms with Crippen molar-refractivity contribution < 1.29 is 14.1 Å². The number of benzene rings is 2. The highest BCUT2D eigenvalue weighted by Gasteiger charge is 2.23.